The summed E-state index contributed by atoms with van der Waals surface area (Å²) in [4.78, 5) is 11.4. The van der Waals surface area contributed by atoms with Crippen molar-refractivity contribution in [2.24, 2.45) is 0 Å². The van der Waals surface area contributed by atoms with E-state index in [1.165, 1.54) is 25.7 Å². The average Bonchev–Trinajstić information content (AvgIpc) is 3.06. The Morgan fingerprint density at radius 1 is 1.38 bits per heavy atom. The molecule has 0 bridgehead atoms. The molecule has 0 aliphatic carbocycles. The van der Waals surface area contributed by atoms with Gasteiger partial charge in [-0.2, -0.15) is 4.98 Å². The predicted molar refractivity (Wildman–Crippen MR) is 83.3 cm³/mol. The number of hydrogen-bond donors (Lipinski definition) is 1. The third-order valence-electron chi connectivity index (χ3n) is 4.03. The molecule has 0 amide bonds. The van der Waals surface area contributed by atoms with Crippen LogP contribution in [-0.4, -0.2) is 22.6 Å². The minimum atomic E-state index is 0.603. The molecule has 112 valence electrons. The summed E-state index contributed by atoms with van der Waals surface area (Å²) in [6.45, 7) is 3.95. The van der Waals surface area contributed by atoms with E-state index in [4.69, 9.17) is 4.42 Å². The molecule has 1 atom stereocenters. The van der Waals surface area contributed by atoms with E-state index in [0.717, 1.165) is 18.1 Å². The Morgan fingerprint density at radius 3 is 3.14 bits per heavy atom. The third kappa shape index (κ3) is 3.35. The summed E-state index contributed by atoms with van der Waals surface area (Å²) in [5.41, 5.74) is 0. The first kappa shape index (κ1) is 13.9. The molecule has 2 aromatic heterocycles. The van der Waals surface area contributed by atoms with Crippen LogP contribution in [0.2, 0.25) is 0 Å². The summed E-state index contributed by atoms with van der Waals surface area (Å²) in [5, 5.41) is 3.22. The molecule has 0 radical (unpaired) electrons. The molecule has 3 heterocycles. The highest BCUT2D eigenvalue weighted by Gasteiger charge is 2.22. The van der Waals surface area contributed by atoms with Crippen molar-refractivity contribution in [1.29, 1.82) is 0 Å². The standard InChI is InChI=1S/C16H22N4O/c1-2-13-6-3-4-10-20(13)15-8-9-17-16(19-15)18-12-14-7-5-11-21-14/h5,7-9,11,13H,2-4,6,10,12H2,1H3,(H,17,18,19). The van der Waals surface area contributed by atoms with Crippen LogP contribution in [0.5, 0.6) is 0 Å². The fourth-order valence-electron chi connectivity index (χ4n) is 2.90. The first-order valence-corrected chi connectivity index (χ1v) is 7.72. The van der Waals surface area contributed by atoms with Gasteiger partial charge in [-0.25, -0.2) is 4.98 Å². The van der Waals surface area contributed by atoms with Crippen LogP contribution >= 0.6 is 0 Å². The van der Waals surface area contributed by atoms with Crippen LogP contribution in [0.15, 0.2) is 35.1 Å². The zero-order chi connectivity index (χ0) is 14.5. The van der Waals surface area contributed by atoms with Gasteiger partial charge in [0.25, 0.3) is 0 Å². The van der Waals surface area contributed by atoms with Gasteiger partial charge in [-0.3, -0.25) is 0 Å². The molecular weight excluding hydrogens is 264 g/mol. The maximum absolute atomic E-state index is 5.31. The summed E-state index contributed by atoms with van der Waals surface area (Å²) >= 11 is 0. The number of aromatic nitrogens is 2. The van der Waals surface area contributed by atoms with Crippen molar-refractivity contribution in [3.8, 4) is 0 Å². The molecule has 3 rings (SSSR count). The molecule has 1 N–H and O–H groups in total. The summed E-state index contributed by atoms with van der Waals surface area (Å²) in [6, 6.07) is 6.43. The lowest BCUT2D eigenvalue weighted by Crippen LogP contribution is -2.39. The zero-order valence-corrected chi connectivity index (χ0v) is 12.5. The largest absolute Gasteiger partial charge is 0.467 e. The Bertz CT molecular complexity index is 555. The molecule has 1 fully saturated rings. The second-order valence-electron chi connectivity index (χ2n) is 5.42. The smallest absolute Gasteiger partial charge is 0.224 e. The first-order valence-electron chi connectivity index (χ1n) is 7.72. The lowest BCUT2D eigenvalue weighted by Gasteiger charge is -2.36. The summed E-state index contributed by atoms with van der Waals surface area (Å²) in [5.74, 6) is 2.57. The summed E-state index contributed by atoms with van der Waals surface area (Å²) < 4.78 is 5.31. The molecule has 1 saturated heterocycles. The molecule has 5 nitrogen and oxygen atoms in total. The Kier molecular flexibility index (Phi) is 4.38. The van der Waals surface area contributed by atoms with E-state index in [1.54, 1.807) is 6.26 Å². The third-order valence-corrected chi connectivity index (χ3v) is 4.03. The minimum Gasteiger partial charge on any atom is -0.467 e. The number of anilines is 2. The van der Waals surface area contributed by atoms with Gasteiger partial charge < -0.3 is 14.6 Å². The van der Waals surface area contributed by atoms with Gasteiger partial charge in [0.15, 0.2) is 0 Å². The minimum absolute atomic E-state index is 0.603. The van der Waals surface area contributed by atoms with E-state index in [9.17, 15) is 0 Å². The maximum Gasteiger partial charge on any atom is 0.224 e. The molecule has 21 heavy (non-hydrogen) atoms. The van der Waals surface area contributed by atoms with Crippen LogP contribution in [0.25, 0.3) is 0 Å². The van der Waals surface area contributed by atoms with E-state index in [-0.39, 0.29) is 0 Å². The molecular formula is C16H22N4O. The molecule has 1 unspecified atom stereocenters. The van der Waals surface area contributed by atoms with E-state index in [0.29, 0.717) is 18.5 Å². The molecule has 1 aliphatic heterocycles. The van der Waals surface area contributed by atoms with Gasteiger partial charge in [-0.05, 0) is 43.9 Å². The van der Waals surface area contributed by atoms with Crippen molar-refractivity contribution in [3.05, 3.63) is 36.4 Å². The first-order chi connectivity index (χ1) is 10.4. The highest BCUT2D eigenvalue weighted by atomic mass is 16.3. The highest BCUT2D eigenvalue weighted by molar-refractivity contribution is 5.44. The van der Waals surface area contributed by atoms with E-state index in [1.807, 2.05) is 24.4 Å². The molecule has 0 saturated carbocycles. The van der Waals surface area contributed by atoms with E-state index >= 15 is 0 Å². The zero-order valence-electron chi connectivity index (χ0n) is 12.5. The van der Waals surface area contributed by atoms with Crippen LogP contribution in [0.4, 0.5) is 11.8 Å². The number of nitrogens with zero attached hydrogens (tertiary/aromatic N) is 3. The van der Waals surface area contributed by atoms with Gasteiger partial charge in [-0.15, -0.1) is 0 Å². The Labute approximate surface area is 125 Å². The van der Waals surface area contributed by atoms with Crippen molar-refractivity contribution >= 4 is 11.8 Å². The fourth-order valence-corrected chi connectivity index (χ4v) is 2.90. The maximum atomic E-state index is 5.31. The monoisotopic (exact) mass is 286 g/mol. The number of furan rings is 1. The van der Waals surface area contributed by atoms with Gasteiger partial charge in [-0.1, -0.05) is 6.92 Å². The number of hydrogen-bond acceptors (Lipinski definition) is 5. The Morgan fingerprint density at radius 2 is 2.33 bits per heavy atom. The second kappa shape index (κ2) is 6.61. The van der Waals surface area contributed by atoms with Crippen molar-refractivity contribution < 1.29 is 4.42 Å². The predicted octanol–water partition coefficient (Wildman–Crippen LogP) is 3.45. The van der Waals surface area contributed by atoms with Crippen LogP contribution in [0, 0.1) is 0 Å². The fraction of sp³-hybridized carbons (Fsp3) is 0.500. The van der Waals surface area contributed by atoms with Gasteiger partial charge in [0.1, 0.15) is 11.6 Å². The van der Waals surface area contributed by atoms with Gasteiger partial charge >= 0.3 is 0 Å². The Balaban J connectivity index is 1.70. The van der Waals surface area contributed by atoms with Gasteiger partial charge in [0, 0.05) is 18.8 Å². The second-order valence-corrected chi connectivity index (χ2v) is 5.42. The number of piperidine rings is 1. The molecule has 1 aliphatic rings. The lowest BCUT2D eigenvalue weighted by atomic mass is 10.0. The van der Waals surface area contributed by atoms with Gasteiger partial charge in [0.05, 0.1) is 12.8 Å². The molecule has 0 aromatic carbocycles. The van der Waals surface area contributed by atoms with Crippen molar-refractivity contribution in [1.82, 2.24) is 9.97 Å². The Hall–Kier alpha value is -2.04. The molecule has 2 aromatic rings. The highest BCUT2D eigenvalue weighted by Crippen LogP contribution is 2.25. The van der Waals surface area contributed by atoms with Crippen molar-refractivity contribution in [2.45, 2.75) is 45.2 Å². The summed E-state index contributed by atoms with van der Waals surface area (Å²) in [7, 11) is 0. The van der Waals surface area contributed by atoms with E-state index < -0.39 is 0 Å². The van der Waals surface area contributed by atoms with Crippen LogP contribution < -0.4 is 10.2 Å². The topological polar surface area (TPSA) is 54.2 Å². The van der Waals surface area contributed by atoms with Crippen molar-refractivity contribution in [3.63, 3.8) is 0 Å². The lowest BCUT2D eigenvalue weighted by molar-refractivity contribution is 0.446. The van der Waals surface area contributed by atoms with E-state index in [2.05, 4.69) is 27.1 Å². The number of nitrogens with one attached hydrogen (secondary N) is 1. The summed E-state index contributed by atoms with van der Waals surface area (Å²) in [6.07, 6.45) is 8.50. The molecule has 5 heteroatoms. The molecule has 0 spiro atoms. The van der Waals surface area contributed by atoms with Crippen LogP contribution in [-0.2, 0) is 6.54 Å². The van der Waals surface area contributed by atoms with Crippen LogP contribution in [0.3, 0.4) is 0 Å². The average molecular weight is 286 g/mol. The SMILES string of the molecule is CCC1CCCCN1c1ccnc(NCc2ccco2)n1. The van der Waals surface area contributed by atoms with Gasteiger partial charge in [0.2, 0.25) is 5.95 Å². The normalized spacial score (nSPS) is 18.7. The van der Waals surface area contributed by atoms with Crippen molar-refractivity contribution in [2.75, 3.05) is 16.8 Å². The number of rotatable bonds is 5. The van der Waals surface area contributed by atoms with Crippen LogP contribution in [0.1, 0.15) is 38.4 Å². The quantitative estimate of drug-likeness (QED) is 0.912.